The molecule has 3 rings (SSSR count). The molecule has 0 radical (unpaired) electrons. The summed E-state index contributed by atoms with van der Waals surface area (Å²) in [5.74, 6) is 0.319. The van der Waals surface area contributed by atoms with Crippen molar-refractivity contribution in [3.63, 3.8) is 0 Å². The lowest BCUT2D eigenvalue weighted by Gasteiger charge is -2.28. The first kappa shape index (κ1) is 23.3. The molecular weight excluding hydrogens is 410 g/mol. The van der Waals surface area contributed by atoms with Gasteiger partial charge in [0.2, 0.25) is 5.91 Å². The summed E-state index contributed by atoms with van der Waals surface area (Å²) in [5, 5.41) is 4.92. The fraction of sp³-hybridized carbons (Fsp3) is 0.500. The first-order valence-corrected chi connectivity index (χ1v) is 11.8. The lowest BCUT2D eigenvalue weighted by Crippen LogP contribution is -2.37. The highest BCUT2D eigenvalue weighted by molar-refractivity contribution is 7.12. The van der Waals surface area contributed by atoms with Crippen molar-refractivity contribution in [3.8, 4) is 0 Å². The Morgan fingerprint density at radius 2 is 2.06 bits per heavy atom. The van der Waals surface area contributed by atoms with Crippen LogP contribution in [-0.2, 0) is 16.1 Å². The molecule has 2 amide bonds. The fourth-order valence-electron chi connectivity index (χ4n) is 3.82. The molecule has 1 saturated heterocycles. The second-order valence-corrected chi connectivity index (χ2v) is 9.63. The Hall–Kier alpha value is -2.38. The molecule has 0 bridgehead atoms. The highest BCUT2D eigenvalue weighted by Gasteiger charge is 2.25. The molecule has 1 N–H and O–H groups in total. The van der Waals surface area contributed by atoms with E-state index in [4.69, 9.17) is 4.74 Å². The van der Waals surface area contributed by atoms with Gasteiger partial charge in [-0.25, -0.2) is 0 Å². The van der Waals surface area contributed by atoms with Gasteiger partial charge in [-0.1, -0.05) is 19.9 Å². The quantitative estimate of drug-likeness (QED) is 0.614. The first-order valence-electron chi connectivity index (χ1n) is 10.9. The number of nitrogens with zero attached hydrogens (tertiary/aromatic N) is 2. The predicted octanol–water partition coefficient (Wildman–Crippen LogP) is 4.62. The molecule has 0 unspecified atom stereocenters. The second-order valence-electron chi connectivity index (χ2n) is 8.68. The molecule has 1 aromatic heterocycles. The maximum Gasteiger partial charge on any atom is 0.264 e. The predicted molar refractivity (Wildman–Crippen MR) is 127 cm³/mol. The van der Waals surface area contributed by atoms with Gasteiger partial charge in [0.15, 0.2) is 0 Å². The van der Waals surface area contributed by atoms with Crippen molar-refractivity contribution >= 4 is 34.5 Å². The number of nitrogens with one attached hydrogen (secondary N) is 1. The lowest BCUT2D eigenvalue weighted by atomic mass is 10.1. The highest BCUT2D eigenvalue weighted by Crippen LogP contribution is 2.27. The first-order chi connectivity index (χ1) is 14.8. The summed E-state index contributed by atoms with van der Waals surface area (Å²) < 4.78 is 5.82. The van der Waals surface area contributed by atoms with Crippen LogP contribution < -0.4 is 10.2 Å². The summed E-state index contributed by atoms with van der Waals surface area (Å²) in [4.78, 5) is 30.2. The largest absolute Gasteiger partial charge is 0.377 e. The summed E-state index contributed by atoms with van der Waals surface area (Å²) in [6.07, 6.45) is 2.56. The number of anilines is 2. The average molecular weight is 444 g/mol. The number of rotatable bonds is 9. The van der Waals surface area contributed by atoms with Crippen molar-refractivity contribution in [2.24, 2.45) is 5.92 Å². The molecule has 6 nitrogen and oxygen atoms in total. The van der Waals surface area contributed by atoms with Gasteiger partial charge in [0.1, 0.15) is 0 Å². The third-order valence-electron chi connectivity index (χ3n) is 5.27. The lowest BCUT2D eigenvalue weighted by molar-refractivity contribution is -0.116. The van der Waals surface area contributed by atoms with E-state index in [-0.39, 0.29) is 17.9 Å². The minimum absolute atomic E-state index is 0.00410. The van der Waals surface area contributed by atoms with E-state index >= 15 is 0 Å². The minimum atomic E-state index is 0.00410. The number of hydrogen-bond acceptors (Lipinski definition) is 5. The number of thiophene rings is 1. The van der Waals surface area contributed by atoms with Crippen LogP contribution in [0.5, 0.6) is 0 Å². The van der Waals surface area contributed by atoms with Gasteiger partial charge in [-0.05, 0) is 54.0 Å². The number of carbonyl (C=O) groups excluding carboxylic acids is 2. The summed E-state index contributed by atoms with van der Waals surface area (Å²) in [6.45, 7) is 5.83. The Kier molecular flexibility index (Phi) is 8.09. The van der Waals surface area contributed by atoms with Gasteiger partial charge >= 0.3 is 0 Å². The van der Waals surface area contributed by atoms with Gasteiger partial charge in [0.25, 0.3) is 5.91 Å². The number of benzene rings is 1. The van der Waals surface area contributed by atoms with Crippen LogP contribution in [0, 0.1) is 5.92 Å². The van der Waals surface area contributed by atoms with E-state index in [0.717, 1.165) is 41.3 Å². The molecule has 1 aliphatic heterocycles. The maximum atomic E-state index is 13.3. The van der Waals surface area contributed by atoms with Crippen molar-refractivity contribution in [2.45, 2.75) is 45.8 Å². The summed E-state index contributed by atoms with van der Waals surface area (Å²) in [6, 6.07) is 9.67. The second kappa shape index (κ2) is 10.8. The van der Waals surface area contributed by atoms with Gasteiger partial charge in [0.05, 0.1) is 11.0 Å². The Labute approximate surface area is 189 Å². The number of amides is 2. The molecule has 1 atom stereocenters. The molecular formula is C24H33N3O3S. The Morgan fingerprint density at radius 3 is 2.68 bits per heavy atom. The third kappa shape index (κ3) is 6.55. The SMILES string of the molecule is CC(C)CC(=O)Nc1ccc(N(C)C)c(CN(C[C@H]2CCCO2)C(=O)c2cccs2)c1. The molecule has 7 heteroatoms. The van der Waals surface area contributed by atoms with Crippen molar-refractivity contribution in [1.29, 1.82) is 0 Å². The van der Waals surface area contributed by atoms with Crippen molar-refractivity contribution in [3.05, 3.63) is 46.2 Å². The smallest absolute Gasteiger partial charge is 0.264 e. The number of ether oxygens (including phenoxy) is 1. The van der Waals surface area contributed by atoms with Crippen molar-refractivity contribution in [1.82, 2.24) is 4.90 Å². The van der Waals surface area contributed by atoms with E-state index in [1.165, 1.54) is 11.3 Å². The van der Waals surface area contributed by atoms with E-state index in [1.54, 1.807) is 0 Å². The molecule has 2 aromatic rings. The monoisotopic (exact) mass is 443 g/mol. The Balaban J connectivity index is 1.85. The topological polar surface area (TPSA) is 61.9 Å². The van der Waals surface area contributed by atoms with E-state index in [1.807, 2.05) is 73.5 Å². The van der Waals surface area contributed by atoms with Crippen LogP contribution >= 0.6 is 11.3 Å². The summed E-state index contributed by atoms with van der Waals surface area (Å²) in [5.41, 5.74) is 2.78. The van der Waals surface area contributed by atoms with Crippen LogP contribution in [-0.4, -0.2) is 50.1 Å². The highest BCUT2D eigenvalue weighted by atomic mass is 32.1. The standard InChI is InChI=1S/C24H33N3O3S/c1-17(2)13-23(28)25-19-9-10-21(26(3)4)18(14-19)15-27(16-20-7-5-11-30-20)24(29)22-8-6-12-31-22/h6,8-10,12,14,17,20H,5,7,11,13,15-16H2,1-4H3,(H,25,28)/t20-/m1/s1. The number of carbonyl (C=O) groups is 2. The average Bonchev–Trinajstić information content (AvgIpc) is 3.40. The molecule has 31 heavy (non-hydrogen) atoms. The molecule has 2 heterocycles. The molecule has 1 aliphatic rings. The van der Waals surface area contributed by atoms with Crippen molar-refractivity contribution in [2.75, 3.05) is 37.5 Å². The van der Waals surface area contributed by atoms with Crippen LogP contribution in [0.1, 0.15) is 48.3 Å². The molecule has 168 valence electrons. The maximum absolute atomic E-state index is 13.3. The van der Waals surface area contributed by atoms with E-state index in [0.29, 0.717) is 25.4 Å². The van der Waals surface area contributed by atoms with Gasteiger partial charge in [-0.3, -0.25) is 9.59 Å². The normalized spacial score (nSPS) is 15.8. The Morgan fingerprint density at radius 1 is 1.26 bits per heavy atom. The molecule has 1 fully saturated rings. The molecule has 0 spiro atoms. The molecule has 1 aromatic carbocycles. The van der Waals surface area contributed by atoms with E-state index < -0.39 is 0 Å². The fourth-order valence-corrected chi connectivity index (χ4v) is 4.51. The zero-order valence-electron chi connectivity index (χ0n) is 18.9. The Bertz CT molecular complexity index is 874. The third-order valence-corrected chi connectivity index (χ3v) is 6.12. The summed E-state index contributed by atoms with van der Waals surface area (Å²) in [7, 11) is 3.97. The summed E-state index contributed by atoms with van der Waals surface area (Å²) >= 11 is 1.46. The number of hydrogen-bond donors (Lipinski definition) is 1. The molecule has 0 aliphatic carbocycles. The van der Waals surface area contributed by atoms with Gasteiger partial charge in [-0.15, -0.1) is 11.3 Å². The van der Waals surface area contributed by atoms with E-state index in [9.17, 15) is 9.59 Å². The zero-order chi connectivity index (χ0) is 22.4. The van der Waals surface area contributed by atoms with E-state index in [2.05, 4.69) is 5.32 Å². The van der Waals surface area contributed by atoms with Crippen LogP contribution in [0.4, 0.5) is 11.4 Å². The minimum Gasteiger partial charge on any atom is -0.377 e. The van der Waals surface area contributed by atoms with Crippen LogP contribution in [0.3, 0.4) is 0 Å². The van der Waals surface area contributed by atoms with Gasteiger partial charge in [0, 0.05) is 51.6 Å². The molecule has 0 saturated carbocycles. The van der Waals surface area contributed by atoms with Crippen LogP contribution in [0.15, 0.2) is 35.7 Å². The van der Waals surface area contributed by atoms with Crippen LogP contribution in [0.25, 0.3) is 0 Å². The van der Waals surface area contributed by atoms with Crippen LogP contribution in [0.2, 0.25) is 0 Å². The van der Waals surface area contributed by atoms with Gasteiger partial charge < -0.3 is 19.9 Å². The van der Waals surface area contributed by atoms with Gasteiger partial charge in [-0.2, -0.15) is 0 Å². The van der Waals surface area contributed by atoms with Crippen molar-refractivity contribution < 1.29 is 14.3 Å². The zero-order valence-corrected chi connectivity index (χ0v) is 19.7.